The Morgan fingerprint density at radius 1 is 1.03 bits per heavy atom. The van der Waals surface area contributed by atoms with Crippen molar-refractivity contribution in [2.24, 2.45) is 0 Å². The van der Waals surface area contributed by atoms with Gasteiger partial charge in [-0.2, -0.15) is 4.98 Å². The quantitative estimate of drug-likeness (QED) is 0.395. The highest BCUT2D eigenvalue weighted by molar-refractivity contribution is 7.27. The van der Waals surface area contributed by atoms with Gasteiger partial charge >= 0.3 is 0 Å². The summed E-state index contributed by atoms with van der Waals surface area (Å²) in [4.78, 5) is 10.3. The van der Waals surface area contributed by atoms with Gasteiger partial charge in [-0.1, -0.05) is 29.8 Å². The molecule has 4 aromatic rings. The zero-order valence-corrected chi connectivity index (χ0v) is 18.7. The number of rotatable bonds is 4. The Bertz CT molecular complexity index is 1210. The first-order valence-corrected chi connectivity index (χ1v) is 11.1. The molecular formula is C24H23ClN3OP. The van der Waals surface area contributed by atoms with Crippen molar-refractivity contribution in [3.05, 3.63) is 65.2 Å². The van der Waals surface area contributed by atoms with Crippen LogP contribution in [0, 0.1) is 6.92 Å². The lowest BCUT2D eigenvalue weighted by molar-refractivity contribution is 0.449. The number of ether oxygens (including phenoxy) is 1. The van der Waals surface area contributed by atoms with E-state index in [9.17, 15) is 0 Å². The number of fused-ring (bicyclic) bond motifs is 1. The maximum absolute atomic E-state index is 6.61. The van der Waals surface area contributed by atoms with E-state index in [1.807, 2.05) is 30.3 Å². The van der Waals surface area contributed by atoms with Crippen LogP contribution in [0.5, 0.6) is 11.8 Å². The Kier molecular flexibility index (Phi) is 5.14. The number of hydrogen-bond donors (Lipinski definition) is 1. The van der Waals surface area contributed by atoms with Crippen molar-refractivity contribution in [1.29, 1.82) is 0 Å². The average Bonchev–Trinajstić information content (AvgIpc) is 3.40. The molecule has 2 heterocycles. The minimum atomic E-state index is 0.454. The van der Waals surface area contributed by atoms with Gasteiger partial charge in [0, 0.05) is 24.3 Å². The molecule has 1 atom stereocenters. The van der Waals surface area contributed by atoms with Crippen molar-refractivity contribution in [1.82, 2.24) is 9.97 Å². The molecule has 1 fully saturated rings. The minimum absolute atomic E-state index is 0.454. The van der Waals surface area contributed by atoms with Gasteiger partial charge in [-0.05, 0) is 72.6 Å². The molecule has 0 radical (unpaired) electrons. The topological polar surface area (TPSA) is 41.1 Å². The molecule has 30 heavy (non-hydrogen) atoms. The molecule has 1 saturated heterocycles. The Labute approximate surface area is 183 Å². The molecule has 0 bridgehead atoms. The molecule has 4 nitrogen and oxygen atoms in total. The number of anilines is 1. The smallest absolute Gasteiger partial charge is 0.300 e. The van der Waals surface area contributed by atoms with Crippen molar-refractivity contribution < 1.29 is 4.74 Å². The van der Waals surface area contributed by atoms with E-state index in [4.69, 9.17) is 16.3 Å². The van der Waals surface area contributed by atoms with E-state index in [2.05, 4.69) is 55.3 Å². The highest BCUT2D eigenvalue weighted by Gasteiger charge is 2.14. The summed E-state index contributed by atoms with van der Waals surface area (Å²) < 4.78 is 5.93. The second-order valence-electron chi connectivity index (χ2n) is 7.75. The van der Waals surface area contributed by atoms with Crippen LogP contribution in [0.1, 0.15) is 18.4 Å². The second-order valence-corrected chi connectivity index (χ2v) is 8.78. The summed E-state index contributed by atoms with van der Waals surface area (Å²) in [7, 11) is 2.72. The fraction of sp³-hybridized carbons (Fsp3) is 0.208. The molecule has 1 aromatic heterocycles. The molecule has 3 aromatic carbocycles. The van der Waals surface area contributed by atoms with Gasteiger partial charge in [-0.25, -0.2) is 0 Å². The van der Waals surface area contributed by atoms with Crippen LogP contribution in [0.25, 0.3) is 22.2 Å². The molecule has 5 rings (SSSR count). The van der Waals surface area contributed by atoms with Crippen LogP contribution in [-0.2, 0) is 0 Å². The van der Waals surface area contributed by atoms with Gasteiger partial charge < -0.3 is 14.6 Å². The highest BCUT2D eigenvalue weighted by Crippen LogP contribution is 2.34. The number of aromatic nitrogens is 2. The zero-order valence-electron chi connectivity index (χ0n) is 16.8. The molecule has 0 spiro atoms. The highest BCUT2D eigenvalue weighted by atomic mass is 35.5. The predicted molar refractivity (Wildman–Crippen MR) is 129 cm³/mol. The van der Waals surface area contributed by atoms with Crippen molar-refractivity contribution in [3.8, 4) is 22.9 Å². The second kappa shape index (κ2) is 7.94. The third-order valence-corrected chi connectivity index (χ3v) is 6.60. The van der Waals surface area contributed by atoms with Crippen LogP contribution in [0.3, 0.4) is 0 Å². The normalized spacial score (nSPS) is 13.9. The summed E-state index contributed by atoms with van der Waals surface area (Å²) in [5.74, 6) is 0.744. The summed E-state index contributed by atoms with van der Waals surface area (Å²) in [6.07, 6.45) is 2.55. The maximum atomic E-state index is 6.61. The van der Waals surface area contributed by atoms with E-state index in [-0.39, 0.29) is 0 Å². The number of H-pyrrole nitrogens is 1. The van der Waals surface area contributed by atoms with E-state index in [0.717, 1.165) is 46.3 Å². The SMILES string of the molecule is Cc1ccc(Oc2nc3cc(-c4ccc(N5CCCC5)cc4)c(Cl)cc3[nH]2)cc1P. The van der Waals surface area contributed by atoms with Crippen LogP contribution >= 0.6 is 20.8 Å². The number of imidazole rings is 1. The van der Waals surface area contributed by atoms with Gasteiger partial charge in [0.2, 0.25) is 0 Å². The third kappa shape index (κ3) is 3.78. The van der Waals surface area contributed by atoms with E-state index in [1.165, 1.54) is 24.1 Å². The number of aromatic amines is 1. The van der Waals surface area contributed by atoms with E-state index in [1.54, 1.807) is 0 Å². The largest absolute Gasteiger partial charge is 0.426 e. The molecule has 6 heteroatoms. The molecule has 0 aliphatic carbocycles. The van der Waals surface area contributed by atoms with Gasteiger partial charge in [-0.15, -0.1) is 9.24 Å². The lowest BCUT2D eigenvalue weighted by Crippen LogP contribution is -2.17. The molecule has 1 unspecified atom stereocenters. The van der Waals surface area contributed by atoms with Gasteiger partial charge in [0.25, 0.3) is 6.01 Å². The first-order chi connectivity index (χ1) is 14.6. The first kappa shape index (κ1) is 19.4. The molecular weight excluding hydrogens is 413 g/mol. The number of aryl methyl sites for hydroxylation is 1. The summed E-state index contributed by atoms with van der Waals surface area (Å²) in [5.41, 5.74) is 6.20. The standard InChI is InChI=1S/C24H23ClN3OP/c1-15-4-9-18(12-23(15)30)29-24-26-21-13-19(20(25)14-22(21)27-24)16-5-7-17(8-6-16)28-10-2-3-11-28/h4-9,12-14H,2-3,10-11,30H2,1H3,(H,26,27). The van der Waals surface area contributed by atoms with Crippen molar-refractivity contribution in [2.45, 2.75) is 19.8 Å². The molecule has 0 saturated carbocycles. The monoisotopic (exact) mass is 435 g/mol. The summed E-state index contributed by atoms with van der Waals surface area (Å²) >= 11 is 6.61. The fourth-order valence-electron chi connectivity index (χ4n) is 3.90. The predicted octanol–water partition coefficient (Wildman–Crippen LogP) is 6.08. The molecule has 1 aliphatic rings. The summed E-state index contributed by atoms with van der Waals surface area (Å²) in [6, 6.07) is 19.0. The van der Waals surface area contributed by atoms with Gasteiger partial charge in [0.15, 0.2) is 0 Å². The Morgan fingerprint density at radius 2 is 1.80 bits per heavy atom. The van der Waals surface area contributed by atoms with Crippen LogP contribution in [0.4, 0.5) is 5.69 Å². The van der Waals surface area contributed by atoms with Gasteiger partial charge in [0.05, 0.1) is 16.1 Å². The first-order valence-electron chi connectivity index (χ1n) is 10.2. The molecule has 1 aliphatic heterocycles. The fourth-order valence-corrected chi connectivity index (χ4v) is 4.43. The van der Waals surface area contributed by atoms with Crippen molar-refractivity contribution in [2.75, 3.05) is 18.0 Å². The van der Waals surface area contributed by atoms with Crippen molar-refractivity contribution >= 4 is 42.9 Å². The average molecular weight is 436 g/mol. The molecule has 0 amide bonds. The van der Waals surface area contributed by atoms with E-state index < -0.39 is 0 Å². The number of halogens is 1. The lowest BCUT2D eigenvalue weighted by atomic mass is 10.0. The van der Waals surface area contributed by atoms with E-state index >= 15 is 0 Å². The minimum Gasteiger partial charge on any atom is -0.426 e. The Hall–Kier alpha value is -2.55. The summed E-state index contributed by atoms with van der Waals surface area (Å²) in [6.45, 7) is 4.34. The van der Waals surface area contributed by atoms with Crippen LogP contribution in [-0.4, -0.2) is 23.1 Å². The lowest BCUT2D eigenvalue weighted by Gasteiger charge is -2.17. The maximum Gasteiger partial charge on any atom is 0.300 e. The number of benzene rings is 3. The number of hydrogen-bond acceptors (Lipinski definition) is 3. The summed E-state index contributed by atoms with van der Waals surface area (Å²) in [5, 5.41) is 1.79. The van der Waals surface area contributed by atoms with Crippen LogP contribution in [0.15, 0.2) is 54.6 Å². The van der Waals surface area contributed by atoms with Crippen LogP contribution < -0.4 is 14.9 Å². The van der Waals surface area contributed by atoms with Crippen molar-refractivity contribution in [3.63, 3.8) is 0 Å². The number of nitrogens with zero attached hydrogens (tertiary/aromatic N) is 2. The Balaban J connectivity index is 1.43. The Morgan fingerprint density at radius 3 is 2.53 bits per heavy atom. The van der Waals surface area contributed by atoms with Gasteiger partial charge in [0.1, 0.15) is 5.75 Å². The zero-order chi connectivity index (χ0) is 20.7. The van der Waals surface area contributed by atoms with E-state index in [0.29, 0.717) is 11.0 Å². The molecule has 152 valence electrons. The molecule has 1 N–H and O–H groups in total. The van der Waals surface area contributed by atoms with Crippen LogP contribution in [0.2, 0.25) is 5.02 Å². The third-order valence-electron chi connectivity index (χ3n) is 5.66. The van der Waals surface area contributed by atoms with Gasteiger partial charge in [-0.3, -0.25) is 0 Å². The number of nitrogens with one attached hydrogen (secondary N) is 1.